The monoisotopic (exact) mass is 270 g/mol. The molecule has 0 atom stereocenters. The van der Waals surface area contributed by atoms with Gasteiger partial charge < -0.3 is 5.32 Å². The van der Waals surface area contributed by atoms with E-state index in [1.165, 1.54) is 6.20 Å². The Hall–Kier alpha value is -0.460. The molecule has 1 rings (SSSR count). The summed E-state index contributed by atoms with van der Waals surface area (Å²) in [5.74, 6) is -0.00774. The Kier molecular flexibility index (Phi) is 5.37. The number of thioether (sulfide) groups is 1. The van der Waals surface area contributed by atoms with Crippen molar-refractivity contribution < 1.29 is 13.2 Å². The molecule has 0 fully saturated rings. The summed E-state index contributed by atoms with van der Waals surface area (Å²) in [5, 5.41) is 3.39. The third kappa shape index (κ3) is 5.58. The SMILES string of the molecule is FC(F)(F)SCCNCc1ccncc1Cl. The van der Waals surface area contributed by atoms with Crippen LogP contribution in [0.1, 0.15) is 5.56 Å². The van der Waals surface area contributed by atoms with Crippen molar-refractivity contribution in [2.75, 3.05) is 12.3 Å². The normalized spacial score (nSPS) is 11.8. The fraction of sp³-hybridized carbons (Fsp3) is 0.444. The van der Waals surface area contributed by atoms with Crippen molar-refractivity contribution in [3.05, 3.63) is 29.0 Å². The molecule has 0 spiro atoms. The lowest BCUT2D eigenvalue weighted by molar-refractivity contribution is -0.0327. The van der Waals surface area contributed by atoms with Gasteiger partial charge in [-0.25, -0.2) is 0 Å². The van der Waals surface area contributed by atoms with E-state index in [-0.39, 0.29) is 24.1 Å². The molecule has 0 amide bonds. The molecule has 0 saturated carbocycles. The van der Waals surface area contributed by atoms with Crippen LogP contribution in [0, 0.1) is 0 Å². The lowest BCUT2D eigenvalue weighted by atomic mass is 10.3. The van der Waals surface area contributed by atoms with Gasteiger partial charge in [-0.2, -0.15) is 13.2 Å². The van der Waals surface area contributed by atoms with E-state index >= 15 is 0 Å². The highest BCUT2D eigenvalue weighted by Crippen LogP contribution is 2.29. The van der Waals surface area contributed by atoms with Gasteiger partial charge in [-0.3, -0.25) is 4.98 Å². The second-order valence-corrected chi connectivity index (χ2v) is 4.51. The van der Waals surface area contributed by atoms with E-state index < -0.39 is 5.51 Å². The van der Waals surface area contributed by atoms with Crippen molar-refractivity contribution in [3.63, 3.8) is 0 Å². The zero-order chi connectivity index (χ0) is 12.0. The topological polar surface area (TPSA) is 24.9 Å². The molecule has 0 saturated heterocycles. The number of hydrogen-bond acceptors (Lipinski definition) is 3. The molecule has 1 aromatic rings. The molecule has 0 unspecified atom stereocenters. The number of halogens is 4. The average Bonchev–Trinajstić information content (AvgIpc) is 2.18. The number of nitrogens with zero attached hydrogens (tertiary/aromatic N) is 1. The van der Waals surface area contributed by atoms with Gasteiger partial charge in [0, 0.05) is 31.2 Å². The molecule has 0 radical (unpaired) electrons. The van der Waals surface area contributed by atoms with Crippen LogP contribution in [0.4, 0.5) is 13.2 Å². The van der Waals surface area contributed by atoms with Crippen molar-refractivity contribution >= 4 is 23.4 Å². The van der Waals surface area contributed by atoms with Gasteiger partial charge in [-0.15, -0.1) is 0 Å². The fourth-order valence-corrected chi connectivity index (χ4v) is 1.67. The molecule has 0 aliphatic rings. The van der Waals surface area contributed by atoms with Crippen LogP contribution in [0.5, 0.6) is 0 Å². The lowest BCUT2D eigenvalue weighted by Crippen LogP contribution is -2.18. The Balaban J connectivity index is 2.19. The molecule has 0 bridgehead atoms. The first kappa shape index (κ1) is 13.6. The first-order valence-corrected chi connectivity index (χ1v) is 5.85. The predicted octanol–water partition coefficient (Wildman–Crippen LogP) is 3.08. The van der Waals surface area contributed by atoms with Gasteiger partial charge in [-0.05, 0) is 23.4 Å². The maximum absolute atomic E-state index is 11.8. The Bertz CT molecular complexity index is 333. The molecule has 1 aromatic heterocycles. The summed E-state index contributed by atoms with van der Waals surface area (Å²) in [5.41, 5.74) is -3.33. The maximum Gasteiger partial charge on any atom is 0.441 e. The molecule has 1 heterocycles. The minimum Gasteiger partial charge on any atom is -0.312 e. The number of rotatable bonds is 5. The Morgan fingerprint density at radius 3 is 2.81 bits per heavy atom. The fourth-order valence-electron chi connectivity index (χ4n) is 1.01. The van der Waals surface area contributed by atoms with Crippen molar-refractivity contribution in [1.82, 2.24) is 10.3 Å². The summed E-state index contributed by atoms with van der Waals surface area (Å²) in [6.07, 6.45) is 3.09. The number of aromatic nitrogens is 1. The molecule has 2 nitrogen and oxygen atoms in total. The minimum atomic E-state index is -4.16. The third-order valence-electron chi connectivity index (χ3n) is 1.72. The lowest BCUT2D eigenvalue weighted by Gasteiger charge is -2.07. The number of pyridine rings is 1. The number of nitrogens with one attached hydrogen (secondary N) is 1. The van der Waals surface area contributed by atoms with Crippen LogP contribution in [-0.4, -0.2) is 22.8 Å². The highest BCUT2D eigenvalue weighted by atomic mass is 35.5. The van der Waals surface area contributed by atoms with Gasteiger partial charge in [0.15, 0.2) is 0 Å². The zero-order valence-electron chi connectivity index (χ0n) is 8.22. The summed E-state index contributed by atoms with van der Waals surface area (Å²) in [7, 11) is 0. The Morgan fingerprint density at radius 2 is 2.19 bits per heavy atom. The second-order valence-electron chi connectivity index (χ2n) is 2.94. The zero-order valence-corrected chi connectivity index (χ0v) is 9.79. The molecule has 0 aliphatic carbocycles. The van der Waals surface area contributed by atoms with Crippen LogP contribution in [0.15, 0.2) is 18.5 Å². The van der Waals surface area contributed by atoms with Crippen molar-refractivity contribution in [2.45, 2.75) is 12.1 Å². The first-order chi connectivity index (χ1) is 7.49. The maximum atomic E-state index is 11.8. The van der Waals surface area contributed by atoms with E-state index in [0.717, 1.165) is 5.56 Å². The summed E-state index contributed by atoms with van der Waals surface area (Å²) in [6.45, 7) is 0.725. The Labute approximate surface area is 101 Å². The molecule has 1 N–H and O–H groups in total. The molecule has 0 aromatic carbocycles. The van der Waals surface area contributed by atoms with Crippen LogP contribution >= 0.6 is 23.4 Å². The smallest absolute Gasteiger partial charge is 0.312 e. The molecular formula is C9H10ClF3N2S. The minimum absolute atomic E-state index is 0.00774. The molecule has 0 aliphatic heterocycles. The van der Waals surface area contributed by atoms with Crippen LogP contribution in [0.25, 0.3) is 0 Å². The van der Waals surface area contributed by atoms with Gasteiger partial charge in [0.05, 0.1) is 5.02 Å². The van der Waals surface area contributed by atoms with Gasteiger partial charge in [0.1, 0.15) is 0 Å². The summed E-state index contributed by atoms with van der Waals surface area (Å²) >= 11 is 5.79. The van der Waals surface area contributed by atoms with E-state index in [2.05, 4.69) is 10.3 Å². The average molecular weight is 271 g/mol. The standard InChI is InChI=1S/C9H10ClF3N2S/c10-8-6-14-2-1-7(8)5-15-3-4-16-9(11,12)13/h1-2,6,15H,3-5H2. The summed E-state index contributed by atoms with van der Waals surface area (Å²) in [4.78, 5) is 3.81. The second kappa shape index (κ2) is 6.32. The summed E-state index contributed by atoms with van der Waals surface area (Å²) < 4.78 is 35.3. The molecule has 7 heteroatoms. The van der Waals surface area contributed by atoms with Crippen molar-refractivity contribution in [2.24, 2.45) is 0 Å². The summed E-state index contributed by atoms with van der Waals surface area (Å²) in [6, 6.07) is 1.73. The van der Waals surface area contributed by atoms with E-state index in [1.54, 1.807) is 12.3 Å². The molecule has 90 valence electrons. The van der Waals surface area contributed by atoms with Crippen LogP contribution in [0.3, 0.4) is 0 Å². The highest BCUT2D eigenvalue weighted by Gasteiger charge is 2.27. The first-order valence-electron chi connectivity index (χ1n) is 4.49. The third-order valence-corrected chi connectivity index (χ3v) is 2.79. The van der Waals surface area contributed by atoms with Gasteiger partial charge in [-0.1, -0.05) is 11.6 Å². The molecule has 16 heavy (non-hydrogen) atoms. The largest absolute Gasteiger partial charge is 0.441 e. The van der Waals surface area contributed by atoms with Crippen molar-refractivity contribution in [3.8, 4) is 0 Å². The highest BCUT2D eigenvalue weighted by molar-refractivity contribution is 8.00. The number of hydrogen-bond donors (Lipinski definition) is 1. The van der Waals surface area contributed by atoms with Gasteiger partial charge >= 0.3 is 5.51 Å². The van der Waals surface area contributed by atoms with E-state index in [9.17, 15) is 13.2 Å². The number of alkyl halides is 3. The predicted molar refractivity (Wildman–Crippen MR) is 59.5 cm³/mol. The van der Waals surface area contributed by atoms with Gasteiger partial charge in [0.25, 0.3) is 0 Å². The van der Waals surface area contributed by atoms with E-state index in [1.807, 2.05) is 0 Å². The van der Waals surface area contributed by atoms with Crippen LogP contribution < -0.4 is 5.32 Å². The van der Waals surface area contributed by atoms with Gasteiger partial charge in [0.2, 0.25) is 0 Å². The van der Waals surface area contributed by atoms with Crippen LogP contribution in [0.2, 0.25) is 5.02 Å². The molecular weight excluding hydrogens is 261 g/mol. The van der Waals surface area contributed by atoms with E-state index in [4.69, 9.17) is 11.6 Å². The van der Waals surface area contributed by atoms with E-state index in [0.29, 0.717) is 11.6 Å². The van der Waals surface area contributed by atoms with Crippen molar-refractivity contribution in [1.29, 1.82) is 0 Å². The Morgan fingerprint density at radius 1 is 1.44 bits per heavy atom. The van der Waals surface area contributed by atoms with Crippen LogP contribution in [-0.2, 0) is 6.54 Å². The quantitative estimate of drug-likeness (QED) is 0.833.